The van der Waals surface area contributed by atoms with E-state index in [1.165, 1.54) is 12.0 Å². The van der Waals surface area contributed by atoms with E-state index < -0.39 is 54.2 Å². The minimum absolute atomic E-state index is 0.309. The number of carbonyl (C=O) groups is 4. The van der Waals surface area contributed by atoms with E-state index in [9.17, 15) is 24.3 Å². The van der Waals surface area contributed by atoms with Crippen LogP contribution >= 0.6 is 0 Å². The number of rotatable bonds is 10. The first-order chi connectivity index (χ1) is 14.5. The Labute approximate surface area is 183 Å². The molecular formula is C21H35N3O7. The summed E-state index contributed by atoms with van der Waals surface area (Å²) in [5.74, 6) is -1.93. The van der Waals surface area contributed by atoms with E-state index in [1.54, 1.807) is 26.8 Å². The summed E-state index contributed by atoms with van der Waals surface area (Å²) in [5, 5.41) is 15.5. The molecule has 1 rings (SSSR count). The lowest BCUT2D eigenvalue weighted by Crippen LogP contribution is -2.55. The van der Waals surface area contributed by atoms with Crippen molar-refractivity contribution in [1.82, 2.24) is 15.5 Å². The summed E-state index contributed by atoms with van der Waals surface area (Å²) in [7, 11) is 1.18. The zero-order chi connectivity index (χ0) is 23.6. The van der Waals surface area contributed by atoms with Gasteiger partial charge in [-0.1, -0.05) is 6.08 Å². The molecule has 1 unspecified atom stereocenters. The lowest BCUT2D eigenvalue weighted by molar-refractivity contribution is -0.143. The number of hydrogen-bond donors (Lipinski definition) is 3. The van der Waals surface area contributed by atoms with E-state index in [0.29, 0.717) is 38.6 Å². The van der Waals surface area contributed by atoms with Crippen LogP contribution in [0.25, 0.3) is 0 Å². The van der Waals surface area contributed by atoms with Gasteiger partial charge < -0.3 is 25.2 Å². The van der Waals surface area contributed by atoms with Crippen LogP contribution in [-0.4, -0.2) is 77.9 Å². The number of hydrogen-bond acceptors (Lipinski definition) is 7. The predicted molar refractivity (Wildman–Crippen MR) is 113 cm³/mol. The topological polar surface area (TPSA) is 134 Å². The van der Waals surface area contributed by atoms with Crippen LogP contribution in [0, 0.1) is 0 Å². The summed E-state index contributed by atoms with van der Waals surface area (Å²) in [6.07, 6.45) is 2.16. The van der Waals surface area contributed by atoms with Crippen LogP contribution in [0.3, 0.4) is 0 Å². The molecule has 31 heavy (non-hydrogen) atoms. The number of nitrogens with zero attached hydrogens (tertiary/aromatic N) is 1. The van der Waals surface area contributed by atoms with Crippen molar-refractivity contribution in [3.8, 4) is 0 Å². The zero-order valence-corrected chi connectivity index (χ0v) is 18.8. The first kappa shape index (κ1) is 26.4. The highest BCUT2D eigenvalue weighted by Crippen LogP contribution is 2.21. The Morgan fingerprint density at radius 3 is 2.55 bits per heavy atom. The molecule has 10 nitrogen and oxygen atoms in total. The Balaban J connectivity index is 2.83. The number of carbonyl (C=O) groups excluding carboxylic acids is 4. The molecule has 0 aromatic carbocycles. The second-order valence-electron chi connectivity index (χ2n) is 8.41. The number of allylic oxidation sites excluding steroid dienone is 1. The monoisotopic (exact) mass is 441 g/mol. The molecule has 1 aliphatic heterocycles. The van der Waals surface area contributed by atoms with Gasteiger partial charge in [0.2, 0.25) is 5.91 Å². The van der Waals surface area contributed by atoms with Crippen LogP contribution in [0.1, 0.15) is 52.9 Å². The van der Waals surface area contributed by atoms with Crippen LogP contribution in [0.4, 0.5) is 4.79 Å². The highest BCUT2D eigenvalue weighted by atomic mass is 16.6. The molecule has 0 aromatic heterocycles. The van der Waals surface area contributed by atoms with Crippen molar-refractivity contribution in [2.75, 3.05) is 20.2 Å². The van der Waals surface area contributed by atoms with Gasteiger partial charge in [-0.2, -0.15) is 0 Å². The average molecular weight is 442 g/mol. The smallest absolute Gasteiger partial charge is 0.410 e. The molecule has 0 radical (unpaired) electrons. The third-order valence-corrected chi connectivity index (χ3v) is 4.72. The fourth-order valence-corrected chi connectivity index (χ4v) is 3.17. The number of aliphatic hydroxyl groups is 1. The van der Waals surface area contributed by atoms with E-state index in [2.05, 4.69) is 21.9 Å². The standard InChI is InChI=1S/C21H35N3O7/c1-6-7-8-10-14(17(26)19(28)22-13-16(25)30-5)23-18(27)15-11-9-12-24(15)20(29)31-21(2,3)4/h6,14-15,17,26H,1,7-13H2,2-5H3,(H,22,28)(H,23,27)/t14-,15-,17?/m0/s1. The molecule has 10 heteroatoms. The van der Waals surface area contributed by atoms with Gasteiger partial charge in [-0.05, 0) is 52.9 Å². The molecule has 0 aliphatic carbocycles. The Hall–Kier alpha value is -2.62. The maximum atomic E-state index is 12.9. The first-order valence-corrected chi connectivity index (χ1v) is 10.4. The van der Waals surface area contributed by atoms with E-state index in [4.69, 9.17) is 4.74 Å². The van der Waals surface area contributed by atoms with Gasteiger partial charge in [0.1, 0.15) is 18.2 Å². The van der Waals surface area contributed by atoms with E-state index in [0.717, 1.165) is 0 Å². The van der Waals surface area contributed by atoms with Crippen molar-refractivity contribution < 1.29 is 33.8 Å². The maximum Gasteiger partial charge on any atom is 0.410 e. The Bertz CT molecular complexity index is 660. The number of aliphatic hydroxyl groups excluding tert-OH is 1. The van der Waals surface area contributed by atoms with Gasteiger partial charge in [0.25, 0.3) is 5.91 Å². The van der Waals surface area contributed by atoms with Gasteiger partial charge in [0.15, 0.2) is 6.10 Å². The highest BCUT2D eigenvalue weighted by molar-refractivity contribution is 5.89. The van der Waals surface area contributed by atoms with Gasteiger partial charge in [0, 0.05) is 6.54 Å². The summed E-state index contributed by atoms with van der Waals surface area (Å²) >= 11 is 0. The third kappa shape index (κ3) is 8.95. The van der Waals surface area contributed by atoms with Crippen molar-refractivity contribution in [2.24, 2.45) is 0 Å². The summed E-state index contributed by atoms with van der Waals surface area (Å²) < 4.78 is 9.83. The fraction of sp³-hybridized carbons (Fsp3) is 0.714. The number of likely N-dealkylation sites (tertiary alicyclic amines) is 1. The second kappa shape index (κ2) is 12.3. The average Bonchev–Trinajstić information content (AvgIpc) is 3.19. The molecule has 3 N–H and O–H groups in total. The summed E-state index contributed by atoms with van der Waals surface area (Å²) in [4.78, 5) is 50.2. The van der Waals surface area contributed by atoms with Gasteiger partial charge in [-0.15, -0.1) is 6.58 Å². The van der Waals surface area contributed by atoms with E-state index in [1.807, 2.05) is 0 Å². The minimum atomic E-state index is -1.57. The molecule has 3 amide bonds. The van der Waals surface area contributed by atoms with Crippen molar-refractivity contribution >= 4 is 23.9 Å². The zero-order valence-electron chi connectivity index (χ0n) is 18.8. The lowest BCUT2D eigenvalue weighted by Gasteiger charge is -2.30. The molecule has 1 aliphatic rings. The van der Waals surface area contributed by atoms with E-state index >= 15 is 0 Å². The number of amides is 3. The largest absolute Gasteiger partial charge is 0.468 e. The molecule has 1 heterocycles. The van der Waals surface area contributed by atoms with Crippen LogP contribution < -0.4 is 10.6 Å². The normalized spacial score (nSPS) is 18.0. The quantitative estimate of drug-likeness (QED) is 0.260. The maximum absolute atomic E-state index is 12.9. The molecule has 1 saturated heterocycles. The summed E-state index contributed by atoms with van der Waals surface area (Å²) in [6, 6.07) is -1.65. The van der Waals surface area contributed by atoms with Crippen molar-refractivity contribution in [1.29, 1.82) is 0 Å². The fourth-order valence-electron chi connectivity index (χ4n) is 3.17. The molecule has 0 aromatic rings. The molecule has 0 saturated carbocycles. The molecule has 1 fully saturated rings. The SMILES string of the molecule is C=CCCC[C@H](NC(=O)[C@@H]1CCCN1C(=O)OC(C)(C)C)C(O)C(=O)NCC(=O)OC. The number of methoxy groups -OCH3 is 1. The van der Waals surface area contributed by atoms with Crippen molar-refractivity contribution in [3.63, 3.8) is 0 Å². The van der Waals surface area contributed by atoms with Gasteiger partial charge >= 0.3 is 12.1 Å². The van der Waals surface area contributed by atoms with Gasteiger partial charge in [-0.25, -0.2) is 4.79 Å². The van der Waals surface area contributed by atoms with Crippen LogP contribution in [0.2, 0.25) is 0 Å². The number of esters is 1. The summed E-state index contributed by atoms with van der Waals surface area (Å²) in [6.45, 7) is 8.87. The molecule has 0 bridgehead atoms. The van der Waals surface area contributed by atoms with Crippen LogP contribution in [0.5, 0.6) is 0 Å². The van der Waals surface area contributed by atoms with Crippen LogP contribution in [0.15, 0.2) is 12.7 Å². The van der Waals surface area contributed by atoms with Gasteiger partial charge in [0.05, 0.1) is 13.2 Å². The first-order valence-electron chi connectivity index (χ1n) is 10.4. The molecule has 176 valence electrons. The summed E-state index contributed by atoms with van der Waals surface area (Å²) in [5.41, 5.74) is -0.693. The Morgan fingerprint density at radius 1 is 1.29 bits per heavy atom. The van der Waals surface area contributed by atoms with Crippen molar-refractivity contribution in [2.45, 2.75) is 76.7 Å². The molecule has 3 atom stereocenters. The number of nitrogens with one attached hydrogen (secondary N) is 2. The highest BCUT2D eigenvalue weighted by Gasteiger charge is 2.38. The Kier molecular flexibility index (Phi) is 10.5. The lowest BCUT2D eigenvalue weighted by atomic mass is 10.0. The minimum Gasteiger partial charge on any atom is -0.468 e. The molecular weight excluding hydrogens is 406 g/mol. The van der Waals surface area contributed by atoms with Crippen molar-refractivity contribution in [3.05, 3.63) is 12.7 Å². The van der Waals surface area contributed by atoms with Crippen LogP contribution in [-0.2, 0) is 23.9 Å². The van der Waals surface area contributed by atoms with Gasteiger partial charge in [-0.3, -0.25) is 19.3 Å². The van der Waals surface area contributed by atoms with E-state index in [-0.39, 0.29) is 0 Å². The molecule has 0 spiro atoms. The second-order valence-corrected chi connectivity index (χ2v) is 8.41. The Morgan fingerprint density at radius 2 is 1.97 bits per heavy atom. The number of unbranched alkanes of at least 4 members (excludes halogenated alkanes) is 1. The third-order valence-electron chi connectivity index (χ3n) is 4.72. The number of ether oxygens (including phenoxy) is 2. The predicted octanol–water partition coefficient (Wildman–Crippen LogP) is 0.877.